The maximum atomic E-state index is 11.7. The number of rotatable bonds is 1. The van der Waals surface area contributed by atoms with Crippen LogP contribution >= 0.6 is 15.9 Å². The molecule has 80 valence electrons. The first-order chi connectivity index (χ1) is 7.18. The van der Waals surface area contributed by atoms with Crippen molar-refractivity contribution in [3.05, 3.63) is 28.2 Å². The Hall–Kier alpha value is -0.830. The van der Waals surface area contributed by atoms with Crippen LogP contribution in [0.4, 0.5) is 5.69 Å². The zero-order chi connectivity index (χ0) is 10.8. The molecule has 0 N–H and O–H groups in total. The molecule has 0 saturated carbocycles. The van der Waals surface area contributed by atoms with Crippen LogP contribution in [-0.2, 0) is 4.79 Å². The molecule has 3 heteroatoms. The van der Waals surface area contributed by atoms with Crippen LogP contribution in [0.5, 0.6) is 0 Å². The van der Waals surface area contributed by atoms with E-state index in [-0.39, 0.29) is 5.91 Å². The molecular formula is C12H14BrNO. The maximum Gasteiger partial charge on any atom is 0.226 e. The molecule has 1 saturated heterocycles. The average molecular weight is 268 g/mol. The third-order valence-electron chi connectivity index (χ3n) is 2.77. The zero-order valence-corrected chi connectivity index (χ0v) is 10.4. The topological polar surface area (TPSA) is 20.3 Å². The van der Waals surface area contributed by atoms with Crippen molar-refractivity contribution in [2.45, 2.75) is 26.2 Å². The summed E-state index contributed by atoms with van der Waals surface area (Å²) in [4.78, 5) is 13.7. The van der Waals surface area contributed by atoms with Gasteiger partial charge in [-0.2, -0.15) is 0 Å². The number of carbonyl (C=O) groups excluding carboxylic acids is 1. The number of amides is 1. The summed E-state index contributed by atoms with van der Waals surface area (Å²) in [5.41, 5.74) is 2.21. The van der Waals surface area contributed by atoms with Crippen LogP contribution in [0.2, 0.25) is 0 Å². The first kappa shape index (κ1) is 10.7. The van der Waals surface area contributed by atoms with Gasteiger partial charge in [0.05, 0.1) is 0 Å². The molecule has 0 aromatic heterocycles. The molecule has 1 aromatic carbocycles. The van der Waals surface area contributed by atoms with Crippen molar-refractivity contribution in [3.63, 3.8) is 0 Å². The largest absolute Gasteiger partial charge is 0.312 e. The van der Waals surface area contributed by atoms with E-state index in [9.17, 15) is 4.79 Å². The summed E-state index contributed by atoms with van der Waals surface area (Å²) in [6.07, 6.45) is 2.83. The molecule has 0 atom stereocenters. The number of piperidine rings is 1. The van der Waals surface area contributed by atoms with Crippen molar-refractivity contribution in [1.82, 2.24) is 0 Å². The van der Waals surface area contributed by atoms with Gasteiger partial charge in [0.1, 0.15) is 0 Å². The van der Waals surface area contributed by atoms with Crippen molar-refractivity contribution in [3.8, 4) is 0 Å². The van der Waals surface area contributed by atoms with E-state index in [1.165, 1.54) is 0 Å². The highest BCUT2D eigenvalue weighted by Crippen LogP contribution is 2.26. The number of carbonyl (C=O) groups is 1. The Bertz CT molecular complexity index is 389. The van der Waals surface area contributed by atoms with Gasteiger partial charge in [0, 0.05) is 23.1 Å². The standard InChI is InChI=1S/C12H14BrNO/c1-9-8-10(13)5-6-11(9)14-7-3-2-4-12(14)15/h5-6,8H,2-4,7H2,1H3. The fourth-order valence-electron chi connectivity index (χ4n) is 1.98. The van der Waals surface area contributed by atoms with E-state index < -0.39 is 0 Å². The molecule has 0 unspecified atom stereocenters. The molecule has 0 spiro atoms. The smallest absolute Gasteiger partial charge is 0.226 e. The van der Waals surface area contributed by atoms with Gasteiger partial charge in [0.2, 0.25) is 5.91 Å². The molecule has 2 rings (SSSR count). The minimum absolute atomic E-state index is 0.256. The van der Waals surface area contributed by atoms with Gasteiger partial charge >= 0.3 is 0 Å². The van der Waals surface area contributed by atoms with Gasteiger partial charge in [-0.1, -0.05) is 15.9 Å². The molecule has 1 heterocycles. The fourth-order valence-corrected chi connectivity index (χ4v) is 2.46. The van der Waals surface area contributed by atoms with E-state index in [4.69, 9.17) is 0 Å². The van der Waals surface area contributed by atoms with Gasteiger partial charge in [-0.25, -0.2) is 0 Å². The highest BCUT2D eigenvalue weighted by atomic mass is 79.9. The first-order valence-corrected chi connectivity index (χ1v) is 6.04. The molecule has 1 aromatic rings. The average Bonchev–Trinajstić information content (AvgIpc) is 2.20. The van der Waals surface area contributed by atoms with Crippen molar-refractivity contribution < 1.29 is 4.79 Å². The monoisotopic (exact) mass is 267 g/mol. The second kappa shape index (κ2) is 4.35. The summed E-state index contributed by atoms with van der Waals surface area (Å²) < 4.78 is 1.06. The van der Waals surface area contributed by atoms with Crippen molar-refractivity contribution in [2.75, 3.05) is 11.4 Å². The summed E-state index contributed by atoms with van der Waals surface area (Å²) >= 11 is 3.43. The molecule has 1 fully saturated rings. The normalized spacial score (nSPS) is 16.9. The number of hydrogen-bond acceptors (Lipinski definition) is 1. The number of halogens is 1. The van der Waals surface area contributed by atoms with E-state index >= 15 is 0 Å². The Morgan fingerprint density at radius 3 is 2.80 bits per heavy atom. The summed E-state index contributed by atoms with van der Waals surface area (Å²) in [6, 6.07) is 6.06. The van der Waals surface area contributed by atoms with Crippen LogP contribution in [0.25, 0.3) is 0 Å². The third kappa shape index (κ3) is 2.23. The highest BCUT2D eigenvalue weighted by molar-refractivity contribution is 9.10. The van der Waals surface area contributed by atoms with Gasteiger partial charge in [0.15, 0.2) is 0 Å². The van der Waals surface area contributed by atoms with E-state index in [0.717, 1.165) is 35.1 Å². The number of hydrogen-bond donors (Lipinski definition) is 0. The van der Waals surface area contributed by atoms with E-state index in [1.54, 1.807) is 0 Å². The van der Waals surface area contributed by atoms with Crippen molar-refractivity contribution >= 4 is 27.5 Å². The van der Waals surface area contributed by atoms with Gasteiger partial charge in [-0.15, -0.1) is 0 Å². The summed E-state index contributed by atoms with van der Waals surface area (Å²) in [5, 5.41) is 0. The Morgan fingerprint density at radius 1 is 1.33 bits per heavy atom. The lowest BCUT2D eigenvalue weighted by molar-refractivity contribution is -0.119. The summed E-state index contributed by atoms with van der Waals surface area (Å²) in [7, 11) is 0. The third-order valence-corrected chi connectivity index (χ3v) is 3.27. The molecule has 2 nitrogen and oxygen atoms in total. The van der Waals surface area contributed by atoms with Crippen LogP contribution in [0.3, 0.4) is 0 Å². The second-order valence-electron chi connectivity index (χ2n) is 3.93. The SMILES string of the molecule is Cc1cc(Br)ccc1N1CCCCC1=O. The maximum absolute atomic E-state index is 11.7. The quantitative estimate of drug-likeness (QED) is 0.765. The summed E-state index contributed by atoms with van der Waals surface area (Å²) in [6.45, 7) is 2.91. The Balaban J connectivity index is 2.31. The molecular weight excluding hydrogens is 254 g/mol. The van der Waals surface area contributed by atoms with Gasteiger partial charge in [0.25, 0.3) is 0 Å². The van der Waals surface area contributed by atoms with Gasteiger partial charge in [-0.3, -0.25) is 4.79 Å². The van der Waals surface area contributed by atoms with Crippen molar-refractivity contribution in [1.29, 1.82) is 0 Å². The van der Waals surface area contributed by atoms with Crippen molar-refractivity contribution in [2.24, 2.45) is 0 Å². The first-order valence-electron chi connectivity index (χ1n) is 5.25. The predicted molar refractivity (Wildman–Crippen MR) is 65.1 cm³/mol. The molecule has 1 aliphatic rings. The van der Waals surface area contributed by atoms with Crippen LogP contribution in [-0.4, -0.2) is 12.5 Å². The lowest BCUT2D eigenvalue weighted by Crippen LogP contribution is -2.35. The van der Waals surface area contributed by atoms with E-state index in [0.29, 0.717) is 6.42 Å². The minimum Gasteiger partial charge on any atom is -0.312 e. The van der Waals surface area contributed by atoms with Crippen LogP contribution in [0, 0.1) is 6.92 Å². The number of benzene rings is 1. The molecule has 1 aliphatic heterocycles. The molecule has 0 radical (unpaired) electrons. The van der Waals surface area contributed by atoms with Crippen LogP contribution < -0.4 is 4.90 Å². The zero-order valence-electron chi connectivity index (χ0n) is 8.79. The lowest BCUT2D eigenvalue weighted by atomic mass is 10.1. The second-order valence-corrected chi connectivity index (χ2v) is 4.85. The van der Waals surface area contributed by atoms with E-state index in [1.807, 2.05) is 24.0 Å². The number of nitrogens with zero attached hydrogens (tertiary/aromatic N) is 1. The molecule has 0 bridgehead atoms. The van der Waals surface area contributed by atoms with Gasteiger partial charge in [-0.05, 0) is 43.5 Å². The fraction of sp³-hybridized carbons (Fsp3) is 0.417. The van der Waals surface area contributed by atoms with Crippen LogP contribution in [0.15, 0.2) is 22.7 Å². The summed E-state index contributed by atoms with van der Waals surface area (Å²) in [5.74, 6) is 0.256. The molecule has 15 heavy (non-hydrogen) atoms. The predicted octanol–water partition coefficient (Wildman–Crippen LogP) is 3.27. The molecule has 0 aliphatic carbocycles. The highest BCUT2D eigenvalue weighted by Gasteiger charge is 2.20. The molecule has 1 amide bonds. The van der Waals surface area contributed by atoms with Gasteiger partial charge < -0.3 is 4.90 Å². The number of anilines is 1. The van der Waals surface area contributed by atoms with Crippen LogP contribution in [0.1, 0.15) is 24.8 Å². The lowest BCUT2D eigenvalue weighted by Gasteiger charge is -2.28. The Kier molecular flexibility index (Phi) is 3.10. The Morgan fingerprint density at radius 2 is 2.13 bits per heavy atom. The van der Waals surface area contributed by atoms with E-state index in [2.05, 4.69) is 22.0 Å². The number of aryl methyl sites for hydroxylation is 1. The minimum atomic E-state index is 0.256. The Labute approximate surface area is 98.4 Å².